The van der Waals surface area contributed by atoms with Crippen molar-refractivity contribution in [1.82, 2.24) is 9.62 Å². The predicted octanol–water partition coefficient (Wildman–Crippen LogP) is 3.46. The largest absolute Gasteiger partial charge is 0.492 e. The van der Waals surface area contributed by atoms with Gasteiger partial charge >= 0.3 is 0 Å². The summed E-state index contributed by atoms with van der Waals surface area (Å²) in [7, 11) is -3.43. The van der Waals surface area contributed by atoms with E-state index in [1.54, 1.807) is 28.6 Å². The first kappa shape index (κ1) is 22.7. The van der Waals surface area contributed by atoms with Crippen molar-refractivity contribution in [3.8, 4) is 5.75 Å². The Morgan fingerprint density at radius 1 is 1.03 bits per heavy atom. The summed E-state index contributed by atoms with van der Waals surface area (Å²) in [6, 6.07) is 14.5. The molecule has 0 unspecified atom stereocenters. The fraction of sp³-hybridized carbons (Fsp3) is 0.409. The number of hydrogen-bond acceptors (Lipinski definition) is 5. The highest BCUT2D eigenvalue weighted by Crippen LogP contribution is 2.22. The summed E-state index contributed by atoms with van der Waals surface area (Å²) < 4.78 is 32.5. The molecule has 162 valence electrons. The average molecular weight is 449 g/mol. The molecule has 0 aliphatic carbocycles. The molecule has 0 saturated carbocycles. The van der Waals surface area contributed by atoms with Crippen molar-refractivity contribution in [3.05, 3.63) is 54.1 Å². The molecular weight excluding hydrogens is 420 g/mol. The maximum absolute atomic E-state index is 12.7. The molecule has 1 saturated heterocycles. The highest BCUT2D eigenvalue weighted by atomic mass is 32.2. The number of carbonyl (C=O) groups excluding carboxylic acids is 1. The zero-order valence-electron chi connectivity index (χ0n) is 17.2. The number of rotatable bonds is 9. The second kappa shape index (κ2) is 10.8. The summed E-state index contributed by atoms with van der Waals surface area (Å²) in [5.74, 6) is 0.884. The van der Waals surface area contributed by atoms with Gasteiger partial charge in [-0.15, -0.1) is 11.8 Å². The SMILES string of the molecule is Cc1ccc(SCC(=O)NCCOc2ccc(S(=O)(=O)N3CCCCC3)cc2)cc1. The van der Waals surface area contributed by atoms with E-state index in [1.165, 1.54) is 17.3 Å². The van der Waals surface area contributed by atoms with Crippen molar-refractivity contribution in [1.29, 1.82) is 0 Å². The molecule has 30 heavy (non-hydrogen) atoms. The van der Waals surface area contributed by atoms with E-state index in [1.807, 2.05) is 31.2 Å². The Morgan fingerprint density at radius 2 is 1.70 bits per heavy atom. The van der Waals surface area contributed by atoms with E-state index >= 15 is 0 Å². The third-order valence-corrected chi connectivity index (χ3v) is 7.79. The fourth-order valence-electron chi connectivity index (χ4n) is 3.16. The van der Waals surface area contributed by atoms with Crippen molar-refractivity contribution in [2.24, 2.45) is 0 Å². The molecule has 2 aromatic carbocycles. The normalized spacial score (nSPS) is 15.0. The lowest BCUT2D eigenvalue weighted by molar-refractivity contribution is -0.118. The van der Waals surface area contributed by atoms with Crippen LogP contribution in [-0.2, 0) is 14.8 Å². The molecule has 2 aromatic rings. The first-order valence-corrected chi connectivity index (χ1v) is 12.6. The van der Waals surface area contributed by atoms with Crippen LogP contribution in [0.2, 0.25) is 0 Å². The molecule has 0 aromatic heterocycles. The Kier molecular flexibility index (Phi) is 8.18. The van der Waals surface area contributed by atoms with Gasteiger partial charge in [0.2, 0.25) is 15.9 Å². The summed E-state index contributed by atoms with van der Waals surface area (Å²) in [5.41, 5.74) is 1.19. The van der Waals surface area contributed by atoms with Crippen LogP contribution >= 0.6 is 11.8 Å². The monoisotopic (exact) mass is 448 g/mol. The van der Waals surface area contributed by atoms with Gasteiger partial charge in [-0.2, -0.15) is 4.31 Å². The molecule has 0 radical (unpaired) electrons. The number of ether oxygens (including phenoxy) is 1. The number of benzene rings is 2. The van der Waals surface area contributed by atoms with E-state index in [9.17, 15) is 13.2 Å². The van der Waals surface area contributed by atoms with Crippen LogP contribution in [0.15, 0.2) is 58.3 Å². The van der Waals surface area contributed by atoms with Gasteiger partial charge in [-0.05, 0) is 56.2 Å². The van der Waals surface area contributed by atoms with Crippen molar-refractivity contribution in [2.45, 2.75) is 36.0 Å². The van der Waals surface area contributed by atoms with Crippen LogP contribution in [0.1, 0.15) is 24.8 Å². The highest BCUT2D eigenvalue weighted by molar-refractivity contribution is 8.00. The minimum absolute atomic E-state index is 0.0489. The zero-order chi connectivity index (χ0) is 21.4. The Morgan fingerprint density at radius 3 is 2.37 bits per heavy atom. The van der Waals surface area contributed by atoms with Gasteiger partial charge in [0, 0.05) is 18.0 Å². The molecule has 1 fully saturated rings. The van der Waals surface area contributed by atoms with Gasteiger partial charge in [0.25, 0.3) is 0 Å². The van der Waals surface area contributed by atoms with E-state index < -0.39 is 10.0 Å². The van der Waals surface area contributed by atoms with E-state index in [0.717, 1.165) is 24.2 Å². The summed E-state index contributed by atoms with van der Waals surface area (Å²) in [6.45, 7) is 3.91. The molecule has 1 aliphatic heterocycles. The topological polar surface area (TPSA) is 75.7 Å². The number of aryl methyl sites for hydroxylation is 1. The lowest BCUT2D eigenvalue weighted by atomic mass is 10.2. The van der Waals surface area contributed by atoms with Crippen molar-refractivity contribution >= 4 is 27.7 Å². The van der Waals surface area contributed by atoms with E-state index in [4.69, 9.17) is 4.74 Å². The van der Waals surface area contributed by atoms with Crippen LogP contribution in [0.5, 0.6) is 5.75 Å². The van der Waals surface area contributed by atoms with Crippen molar-refractivity contribution < 1.29 is 17.9 Å². The Hall–Kier alpha value is -2.03. The van der Waals surface area contributed by atoms with E-state index in [-0.39, 0.29) is 10.8 Å². The number of nitrogens with zero attached hydrogens (tertiary/aromatic N) is 1. The molecule has 3 rings (SSSR count). The van der Waals surface area contributed by atoms with Gasteiger partial charge in [0.15, 0.2) is 0 Å². The number of nitrogens with one attached hydrogen (secondary N) is 1. The molecule has 1 amide bonds. The number of thioether (sulfide) groups is 1. The lowest BCUT2D eigenvalue weighted by Gasteiger charge is -2.25. The van der Waals surface area contributed by atoms with Crippen LogP contribution in [0.3, 0.4) is 0 Å². The molecule has 1 N–H and O–H groups in total. The third kappa shape index (κ3) is 6.48. The van der Waals surface area contributed by atoms with Gasteiger partial charge in [-0.25, -0.2) is 8.42 Å². The predicted molar refractivity (Wildman–Crippen MR) is 119 cm³/mol. The van der Waals surface area contributed by atoms with Crippen LogP contribution in [-0.4, -0.2) is 50.6 Å². The van der Waals surface area contributed by atoms with Gasteiger partial charge in [0.1, 0.15) is 12.4 Å². The number of amides is 1. The van der Waals surface area contributed by atoms with Crippen molar-refractivity contribution in [3.63, 3.8) is 0 Å². The van der Waals surface area contributed by atoms with Crippen molar-refractivity contribution in [2.75, 3.05) is 32.0 Å². The minimum atomic E-state index is -3.43. The lowest BCUT2D eigenvalue weighted by Crippen LogP contribution is -2.35. The highest BCUT2D eigenvalue weighted by Gasteiger charge is 2.25. The van der Waals surface area contributed by atoms with Gasteiger partial charge in [0.05, 0.1) is 17.2 Å². The molecule has 1 aliphatic rings. The zero-order valence-corrected chi connectivity index (χ0v) is 18.8. The number of carbonyl (C=O) groups is 1. The maximum Gasteiger partial charge on any atom is 0.243 e. The number of piperidine rings is 1. The first-order valence-electron chi connectivity index (χ1n) is 10.1. The molecule has 8 heteroatoms. The smallest absolute Gasteiger partial charge is 0.243 e. The van der Waals surface area contributed by atoms with E-state index in [2.05, 4.69) is 5.32 Å². The number of sulfonamides is 1. The quantitative estimate of drug-likeness (QED) is 0.470. The Balaban J connectivity index is 1.38. The molecule has 0 bridgehead atoms. The Bertz CT molecular complexity index is 923. The second-order valence-corrected chi connectivity index (χ2v) is 10.2. The average Bonchev–Trinajstić information content (AvgIpc) is 2.77. The summed E-state index contributed by atoms with van der Waals surface area (Å²) in [5, 5.41) is 2.83. The molecule has 0 spiro atoms. The van der Waals surface area contributed by atoms with Gasteiger partial charge in [-0.3, -0.25) is 4.79 Å². The Labute approximate surface area is 183 Å². The third-order valence-electron chi connectivity index (χ3n) is 4.86. The summed E-state index contributed by atoms with van der Waals surface area (Å²) >= 11 is 1.49. The van der Waals surface area contributed by atoms with E-state index in [0.29, 0.717) is 37.7 Å². The van der Waals surface area contributed by atoms with Crippen LogP contribution < -0.4 is 10.1 Å². The van der Waals surface area contributed by atoms with Gasteiger partial charge < -0.3 is 10.1 Å². The van der Waals surface area contributed by atoms with Crippen LogP contribution in [0.4, 0.5) is 0 Å². The molecule has 6 nitrogen and oxygen atoms in total. The molecule has 0 atom stereocenters. The summed E-state index contributed by atoms with van der Waals surface area (Å²) in [6.07, 6.45) is 2.91. The first-order chi connectivity index (χ1) is 14.4. The van der Waals surface area contributed by atoms with Gasteiger partial charge in [-0.1, -0.05) is 24.1 Å². The fourth-order valence-corrected chi connectivity index (χ4v) is 5.40. The molecular formula is C22H28N2O4S2. The van der Waals surface area contributed by atoms with Crippen LogP contribution in [0.25, 0.3) is 0 Å². The maximum atomic E-state index is 12.7. The second-order valence-electron chi connectivity index (χ2n) is 7.24. The molecule has 1 heterocycles. The van der Waals surface area contributed by atoms with Crippen LogP contribution in [0, 0.1) is 6.92 Å². The standard InChI is InChI=1S/C22H28N2O4S2/c1-18-5-9-20(10-6-18)29-17-22(25)23-13-16-28-19-7-11-21(12-8-19)30(26,27)24-14-3-2-4-15-24/h5-12H,2-4,13-17H2,1H3,(H,23,25). The summed E-state index contributed by atoms with van der Waals surface area (Å²) in [4.78, 5) is 13.3. The number of hydrogen-bond donors (Lipinski definition) is 1. The minimum Gasteiger partial charge on any atom is -0.492 e.